The molecule has 3 heteroatoms. The highest BCUT2D eigenvalue weighted by atomic mass is 16.5. The number of hydrogen-bond acceptors (Lipinski definition) is 2. The smallest absolute Gasteiger partial charge is 0.241 e. The standard InChI is InChI=1S/C7H13NO2/c1-10-6-4-2-3-5-7(8)9/h3,5H,2,4,6H2,1H3,(H2,8,9). The molecular weight excluding hydrogens is 130 g/mol. The average Bonchev–Trinajstić information content (AvgIpc) is 1.87. The normalized spacial score (nSPS) is 10.5. The van der Waals surface area contributed by atoms with Gasteiger partial charge in [-0.3, -0.25) is 4.79 Å². The van der Waals surface area contributed by atoms with Gasteiger partial charge in [0.05, 0.1) is 0 Å². The van der Waals surface area contributed by atoms with Crippen LogP contribution in [-0.2, 0) is 9.53 Å². The fraction of sp³-hybridized carbons (Fsp3) is 0.571. The predicted molar refractivity (Wildman–Crippen MR) is 39.4 cm³/mol. The fourth-order valence-corrected chi connectivity index (χ4v) is 0.545. The second-order valence-corrected chi connectivity index (χ2v) is 1.94. The molecule has 2 N–H and O–H groups in total. The zero-order valence-corrected chi connectivity index (χ0v) is 6.17. The van der Waals surface area contributed by atoms with E-state index in [1.54, 1.807) is 13.2 Å². The third kappa shape index (κ3) is 7.17. The minimum atomic E-state index is -0.391. The second-order valence-electron chi connectivity index (χ2n) is 1.94. The summed E-state index contributed by atoms with van der Waals surface area (Å²) in [4.78, 5) is 10.1. The summed E-state index contributed by atoms with van der Waals surface area (Å²) >= 11 is 0. The molecule has 3 nitrogen and oxygen atoms in total. The topological polar surface area (TPSA) is 52.3 Å². The lowest BCUT2D eigenvalue weighted by molar-refractivity contribution is -0.113. The van der Waals surface area contributed by atoms with Gasteiger partial charge in [0.1, 0.15) is 0 Å². The maximum absolute atomic E-state index is 10.1. The van der Waals surface area contributed by atoms with E-state index >= 15 is 0 Å². The maximum Gasteiger partial charge on any atom is 0.241 e. The maximum atomic E-state index is 10.1. The molecule has 0 radical (unpaired) electrons. The van der Waals surface area contributed by atoms with Crippen LogP contribution in [0.5, 0.6) is 0 Å². The molecule has 0 rings (SSSR count). The molecule has 0 fully saturated rings. The molecule has 10 heavy (non-hydrogen) atoms. The molecule has 0 aromatic rings. The van der Waals surface area contributed by atoms with Gasteiger partial charge >= 0.3 is 0 Å². The lowest BCUT2D eigenvalue weighted by atomic mass is 10.3. The van der Waals surface area contributed by atoms with Gasteiger partial charge in [-0.1, -0.05) is 6.08 Å². The Hall–Kier alpha value is -0.830. The fourth-order valence-electron chi connectivity index (χ4n) is 0.545. The van der Waals surface area contributed by atoms with Crippen LogP contribution in [0, 0.1) is 0 Å². The first kappa shape index (κ1) is 9.17. The van der Waals surface area contributed by atoms with Gasteiger partial charge in [-0.05, 0) is 18.9 Å². The Labute approximate surface area is 60.9 Å². The third-order valence-electron chi connectivity index (χ3n) is 1.00. The number of rotatable bonds is 5. The van der Waals surface area contributed by atoms with Crippen LogP contribution < -0.4 is 5.73 Å². The lowest BCUT2D eigenvalue weighted by Crippen LogP contribution is -2.05. The van der Waals surface area contributed by atoms with Gasteiger partial charge in [0.15, 0.2) is 0 Å². The van der Waals surface area contributed by atoms with E-state index in [0.29, 0.717) is 0 Å². The number of unbranched alkanes of at least 4 members (excludes halogenated alkanes) is 1. The van der Waals surface area contributed by atoms with Crippen LogP contribution in [0.2, 0.25) is 0 Å². The monoisotopic (exact) mass is 143 g/mol. The van der Waals surface area contributed by atoms with Crippen molar-refractivity contribution in [1.29, 1.82) is 0 Å². The van der Waals surface area contributed by atoms with Crippen molar-refractivity contribution in [3.8, 4) is 0 Å². The summed E-state index contributed by atoms with van der Waals surface area (Å²) in [5, 5.41) is 0. The molecule has 0 aliphatic rings. The van der Waals surface area contributed by atoms with Crippen molar-refractivity contribution in [3.05, 3.63) is 12.2 Å². The molecule has 0 aliphatic heterocycles. The zero-order chi connectivity index (χ0) is 7.82. The molecular formula is C7H13NO2. The Balaban J connectivity index is 3.10. The van der Waals surface area contributed by atoms with Crippen LogP contribution in [0.15, 0.2) is 12.2 Å². The number of ether oxygens (including phenoxy) is 1. The average molecular weight is 143 g/mol. The summed E-state index contributed by atoms with van der Waals surface area (Å²) < 4.78 is 4.80. The first-order valence-electron chi connectivity index (χ1n) is 3.22. The van der Waals surface area contributed by atoms with Gasteiger partial charge in [-0.2, -0.15) is 0 Å². The van der Waals surface area contributed by atoms with Gasteiger partial charge in [0, 0.05) is 13.7 Å². The number of methoxy groups -OCH3 is 1. The number of primary amides is 1. The number of amides is 1. The molecule has 58 valence electrons. The molecule has 0 saturated heterocycles. The molecule has 0 spiro atoms. The summed E-state index contributed by atoms with van der Waals surface area (Å²) in [5.41, 5.74) is 4.85. The summed E-state index contributed by atoms with van der Waals surface area (Å²) in [5.74, 6) is -0.391. The van der Waals surface area contributed by atoms with Crippen molar-refractivity contribution in [1.82, 2.24) is 0 Å². The van der Waals surface area contributed by atoms with Gasteiger partial charge in [-0.15, -0.1) is 0 Å². The minimum absolute atomic E-state index is 0.391. The number of carbonyl (C=O) groups excluding carboxylic acids is 1. The molecule has 0 atom stereocenters. The van der Waals surface area contributed by atoms with Crippen LogP contribution in [0.1, 0.15) is 12.8 Å². The van der Waals surface area contributed by atoms with E-state index in [4.69, 9.17) is 10.5 Å². The van der Waals surface area contributed by atoms with Crippen molar-refractivity contribution < 1.29 is 9.53 Å². The highest BCUT2D eigenvalue weighted by Gasteiger charge is 1.83. The molecule has 0 heterocycles. The van der Waals surface area contributed by atoms with Crippen molar-refractivity contribution >= 4 is 5.91 Å². The SMILES string of the molecule is COCCCC=CC(N)=O. The number of carbonyl (C=O) groups is 1. The Kier molecular flexibility index (Phi) is 5.77. The van der Waals surface area contributed by atoms with Crippen LogP contribution >= 0.6 is 0 Å². The van der Waals surface area contributed by atoms with Gasteiger partial charge in [0.25, 0.3) is 0 Å². The summed E-state index contributed by atoms with van der Waals surface area (Å²) in [7, 11) is 1.65. The summed E-state index contributed by atoms with van der Waals surface area (Å²) in [6.07, 6.45) is 4.90. The summed E-state index contributed by atoms with van der Waals surface area (Å²) in [6.45, 7) is 0.725. The van der Waals surface area contributed by atoms with Gasteiger partial charge in [-0.25, -0.2) is 0 Å². The summed E-state index contributed by atoms with van der Waals surface area (Å²) in [6, 6.07) is 0. The molecule has 0 aromatic heterocycles. The minimum Gasteiger partial charge on any atom is -0.385 e. The van der Waals surface area contributed by atoms with Crippen LogP contribution in [-0.4, -0.2) is 19.6 Å². The van der Waals surface area contributed by atoms with Crippen LogP contribution in [0.25, 0.3) is 0 Å². The van der Waals surface area contributed by atoms with Crippen molar-refractivity contribution in [2.75, 3.05) is 13.7 Å². The van der Waals surface area contributed by atoms with Crippen LogP contribution in [0.3, 0.4) is 0 Å². The van der Waals surface area contributed by atoms with Crippen molar-refractivity contribution in [3.63, 3.8) is 0 Å². The quantitative estimate of drug-likeness (QED) is 0.449. The highest BCUT2D eigenvalue weighted by molar-refractivity contribution is 5.85. The van der Waals surface area contributed by atoms with E-state index < -0.39 is 5.91 Å². The molecule has 0 aromatic carbocycles. The van der Waals surface area contributed by atoms with Crippen LogP contribution in [0.4, 0.5) is 0 Å². The van der Waals surface area contributed by atoms with E-state index in [1.807, 2.05) is 0 Å². The largest absolute Gasteiger partial charge is 0.385 e. The van der Waals surface area contributed by atoms with E-state index in [0.717, 1.165) is 19.4 Å². The van der Waals surface area contributed by atoms with E-state index in [2.05, 4.69) is 0 Å². The first-order chi connectivity index (χ1) is 4.77. The number of nitrogens with two attached hydrogens (primary N) is 1. The van der Waals surface area contributed by atoms with E-state index in [-0.39, 0.29) is 0 Å². The Morgan fingerprint density at radius 2 is 2.40 bits per heavy atom. The molecule has 0 unspecified atom stereocenters. The Bertz CT molecular complexity index is 121. The van der Waals surface area contributed by atoms with Crippen molar-refractivity contribution in [2.45, 2.75) is 12.8 Å². The third-order valence-corrected chi connectivity index (χ3v) is 1.00. The molecule has 0 bridgehead atoms. The van der Waals surface area contributed by atoms with E-state index in [9.17, 15) is 4.79 Å². The number of hydrogen-bond donors (Lipinski definition) is 1. The zero-order valence-electron chi connectivity index (χ0n) is 6.17. The van der Waals surface area contributed by atoms with Crippen molar-refractivity contribution in [2.24, 2.45) is 5.73 Å². The molecule has 0 saturated carbocycles. The Morgan fingerprint density at radius 3 is 2.90 bits per heavy atom. The molecule has 1 amide bonds. The molecule has 0 aliphatic carbocycles. The highest BCUT2D eigenvalue weighted by Crippen LogP contribution is 1.89. The number of allylic oxidation sites excluding steroid dienone is 1. The van der Waals surface area contributed by atoms with E-state index in [1.165, 1.54) is 6.08 Å². The second kappa shape index (κ2) is 6.29. The Morgan fingerprint density at radius 1 is 1.70 bits per heavy atom. The predicted octanol–water partition coefficient (Wildman–Crippen LogP) is 0.455. The van der Waals surface area contributed by atoms with Gasteiger partial charge in [0.2, 0.25) is 5.91 Å². The first-order valence-corrected chi connectivity index (χ1v) is 3.22. The lowest BCUT2D eigenvalue weighted by Gasteiger charge is -1.91. The van der Waals surface area contributed by atoms with Gasteiger partial charge < -0.3 is 10.5 Å².